The molecule has 0 aromatic heterocycles. The Labute approximate surface area is 104 Å². The number of rotatable bonds is 5. The molecule has 96 valence electrons. The molecule has 0 heterocycles. The minimum absolute atomic E-state index is 0.00215. The lowest BCUT2D eigenvalue weighted by Crippen LogP contribution is -2.32. The summed E-state index contributed by atoms with van der Waals surface area (Å²) in [4.78, 5) is 0.00215. The third-order valence-corrected chi connectivity index (χ3v) is 3.90. The van der Waals surface area contributed by atoms with Crippen LogP contribution in [0, 0.1) is 0 Å². The zero-order valence-electron chi connectivity index (χ0n) is 8.63. The van der Waals surface area contributed by atoms with Crippen LogP contribution in [0.3, 0.4) is 0 Å². The van der Waals surface area contributed by atoms with E-state index in [1.807, 2.05) is 0 Å². The number of nitrogens with two attached hydrogens (primary N) is 1. The van der Waals surface area contributed by atoms with Gasteiger partial charge in [0.05, 0.1) is 4.90 Å². The van der Waals surface area contributed by atoms with E-state index >= 15 is 0 Å². The molecule has 0 aliphatic carbocycles. The molecule has 3 N–H and O–H groups in total. The van der Waals surface area contributed by atoms with Crippen molar-refractivity contribution in [3.63, 3.8) is 0 Å². The van der Waals surface area contributed by atoms with Gasteiger partial charge >= 0.3 is 0 Å². The maximum Gasteiger partial charge on any atom is 0.274 e. The van der Waals surface area contributed by atoms with Crippen LogP contribution in [0.2, 0.25) is 0 Å². The topological polar surface area (TPSA) is 106 Å². The van der Waals surface area contributed by atoms with Crippen LogP contribution in [0.25, 0.3) is 0 Å². The lowest BCUT2D eigenvalue weighted by Gasteiger charge is -2.03. The van der Waals surface area contributed by atoms with Gasteiger partial charge in [-0.3, -0.25) is 0 Å². The second-order valence-electron chi connectivity index (χ2n) is 3.27. The Morgan fingerprint density at radius 3 is 2.06 bits per heavy atom. The highest BCUT2D eigenvalue weighted by atomic mass is 35.7. The molecule has 0 amide bonds. The highest BCUT2D eigenvalue weighted by Gasteiger charge is 2.09. The molecule has 0 bridgehead atoms. The summed E-state index contributed by atoms with van der Waals surface area (Å²) in [6.45, 7) is 0.145. The van der Waals surface area contributed by atoms with Crippen molar-refractivity contribution < 1.29 is 16.8 Å². The summed E-state index contributed by atoms with van der Waals surface area (Å²) in [5.41, 5.74) is 0.769. The number of benzene rings is 1. The highest BCUT2D eigenvalue weighted by Crippen LogP contribution is 2.15. The van der Waals surface area contributed by atoms with Gasteiger partial charge in [0, 0.05) is 17.2 Å². The normalized spacial score (nSPS) is 12.6. The molecule has 1 aromatic carbocycles. The van der Waals surface area contributed by atoms with Crippen LogP contribution in [-0.2, 0) is 25.7 Å². The second kappa shape index (κ2) is 5.32. The van der Waals surface area contributed by atoms with Gasteiger partial charge in [0.25, 0.3) is 19.3 Å². The third kappa shape index (κ3) is 5.46. The molecule has 0 saturated carbocycles. The predicted octanol–water partition coefficient (Wildman–Crippen LogP) is -0.0503. The van der Waals surface area contributed by atoms with E-state index in [2.05, 4.69) is 4.72 Å². The SMILES string of the molecule is NS(=O)(=O)NCCc1ccc(S(=O)(=O)Cl)cc1. The van der Waals surface area contributed by atoms with Crippen molar-refractivity contribution in [3.05, 3.63) is 29.8 Å². The van der Waals surface area contributed by atoms with Gasteiger partial charge in [-0.15, -0.1) is 0 Å². The van der Waals surface area contributed by atoms with Crippen LogP contribution >= 0.6 is 10.7 Å². The van der Waals surface area contributed by atoms with Gasteiger partial charge in [-0.2, -0.15) is 8.42 Å². The number of halogens is 1. The summed E-state index contributed by atoms with van der Waals surface area (Å²) in [7, 11) is -2.28. The lowest BCUT2D eigenvalue weighted by molar-refractivity contribution is 0.583. The zero-order valence-corrected chi connectivity index (χ0v) is 11.0. The van der Waals surface area contributed by atoms with Crippen LogP contribution in [0.1, 0.15) is 5.56 Å². The van der Waals surface area contributed by atoms with Gasteiger partial charge in [-0.1, -0.05) is 12.1 Å². The molecule has 6 nitrogen and oxygen atoms in total. The largest absolute Gasteiger partial charge is 0.274 e. The van der Waals surface area contributed by atoms with E-state index in [-0.39, 0.29) is 11.4 Å². The average Bonchev–Trinajstić information content (AvgIpc) is 2.15. The Balaban J connectivity index is 2.64. The maximum absolute atomic E-state index is 10.9. The Bertz CT molecular complexity index is 580. The minimum atomic E-state index is -3.72. The van der Waals surface area contributed by atoms with Gasteiger partial charge in [0.1, 0.15) is 0 Å². The van der Waals surface area contributed by atoms with Crippen molar-refractivity contribution >= 4 is 29.9 Å². The minimum Gasteiger partial charge on any atom is -0.216 e. The molecule has 17 heavy (non-hydrogen) atoms. The molecule has 0 saturated heterocycles. The van der Waals surface area contributed by atoms with Crippen LogP contribution < -0.4 is 9.86 Å². The van der Waals surface area contributed by atoms with Crippen molar-refractivity contribution in [3.8, 4) is 0 Å². The summed E-state index contributed by atoms with van der Waals surface area (Å²) < 4.78 is 45.2. The summed E-state index contributed by atoms with van der Waals surface area (Å²) in [6, 6.07) is 5.82. The van der Waals surface area contributed by atoms with E-state index in [0.717, 1.165) is 5.56 Å². The van der Waals surface area contributed by atoms with Crippen molar-refractivity contribution in [2.75, 3.05) is 6.54 Å². The molecule has 0 aliphatic heterocycles. The van der Waals surface area contributed by atoms with E-state index in [1.54, 1.807) is 12.1 Å². The molecular formula is C8H11ClN2O4S2. The standard InChI is InChI=1S/C8H11ClN2O4S2/c9-16(12,13)8-3-1-7(2-4-8)5-6-11-17(10,14)15/h1-4,11H,5-6H2,(H2,10,14,15). The van der Waals surface area contributed by atoms with Crippen molar-refractivity contribution in [1.29, 1.82) is 0 Å². The third-order valence-electron chi connectivity index (χ3n) is 1.92. The molecule has 0 radical (unpaired) electrons. The fraction of sp³-hybridized carbons (Fsp3) is 0.250. The number of hydrogen-bond acceptors (Lipinski definition) is 4. The lowest BCUT2D eigenvalue weighted by atomic mass is 10.2. The van der Waals surface area contributed by atoms with Crippen molar-refractivity contribution in [1.82, 2.24) is 4.72 Å². The summed E-state index contributed by atoms with van der Waals surface area (Å²) in [5.74, 6) is 0. The van der Waals surface area contributed by atoms with E-state index in [1.165, 1.54) is 12.1 Å². The van der Waals surface area contributed by atoms with Gasteiger partial charge in [-0.25, -0.2) is 18.3 Å². The molecule has 0 fully saturated rings. The first-order valence-corrected chi connectivity index (χ1v) is 8.35. The van der Waals surface area contributed by atoms with Crippen LogP contribution in [0.5, 0.6) is 0 Å². The van der Waals surface area contributed by atoms with E-state index in [0.29, 0.717) is 6.42 Å². The molecule has 0 aliphatic rings. The van der Waals surface area contributed by atoms with Crippen LogP contribution in [0.15, 0.2) is 29.2 Å². The van der Waals surface area contributed by atoms with E-state index in [9.17, 15) is 16.8 Å². The van der Waals surface area contributed by atoms with Crippen LogP contribution in [-0.4, -0.2) is 23.4 Å². The smallest absolute Gasteiger partial charge is 0.216 e. The molecule has 0 atom stereocenters. The first-order chi connectivity index (χ1) is 7.68. The summed E-state index contributed by atoms with van der Waals surface area (Å²) >= 11 is 0. The molecule has 9 heteroatoms. The Kier molecular flexibility index (Phi) is 4.50. The molecule has 0 unspecified atom stereocenters. The van der Waals surface area contributed by atoms with E-state index in [4.69, 9.17) is 15.8 Å². The monoisotopic (exact) mass is 298 g/mol. The first kappa shape index (κ1) is 14.4. The summed E-state index contributed by atoms with van der Waals surface area (Å²) in [6.07, 6.45) is 0.402. The predicted molar refractivity (Wildman–Crippen MR) is 64.3 cm³/mol. The van der Waals surface area contributed by atoms with Gasteiger partial charge < -0.3 is 0 Å². The van der Waals surface area contributed by atoms with Crippen LogP contribution in [0.4, 0.5) is 0 Å². The molecule has 1 rings (SSSR count). The maximum atomic E-state index is 10.9. The fourth-order valence-electron chi connectivity index (χ4n) is 1.16. The fourth-order valence-corrected chi connectivity index (χ4v) is 2.31. The Hall–Kier alpha value is -0.670. The van der Waals surface area contributed by atoms with Gasteiger partial charge in [0.2, 0.25) is 0 Å². The average molecular weight is 299 g/mol. The molecule has 0 spiro atoms. The van der Waals surface area contributed by atoms with E-state index < -0.39 is 19.3 Å². The quantitative estimate of drug-likeness (QED) is 0.743. The van der Waals surface area contributed by atoms with Gasteiger partial charge in [0.15, 0.2) is 0 Å². The Morgan fingerprint density at radius 1 is 1.12 bits per heavy atom. The van der Waals surface area contributed by atoms with Gasteiger partial charge in [-0.05, 0) is 24.1 Å². The number of hydrogen-bond donors (Lipinski definition) is 2. The zero-order chi connectivity index (χ0) is 13.1. The highest BCUT2D eigenvalue weighted by molar-refractivity contribution is 8.13. The van der Waals surface area contributed by atoms with Crippen molar-refractivity contribution in [2.24, 2.45) is 5.14 Å². The number of nitrogens with one attached hydrogen (secondary N) is 1. The molecular weight excluding hydrogens is 288 g/mol. The second-order valence-corrected chi connectivity index (χ2v) is 7.22. The Morgan fingerprint density at radius 2 is 1.65 bits per heavy atom. The first-order valence-electron chi connectivity index (χ1n) is 4.49. The summed E-state index contributed by atoms with van der Waals surface area (Å²) in [5, 5.41) is 4.75. The molecule has 1 aromatic rings. The van der Waals surface area contributed by atoms with Crippen molar-refractivity contribution in [2.45, 2.75) is 11.3 Å².